The highest BCUT2D eigenvalue weighted by Gasteiger charge is 2.36. The fourth-order valence-electron chi connectivity index (χ4n) is 6.71. The average molecular weight is 576 g/mol. The van der Waals surface area contributed by atoms with E-state index >= 15 is 0 Å². The van der Waals surface area contributed by atoms with Crippen molar-refractivity contribution in [1.82, 2.24) is 14.9 Å². The molecule has 0 fully saturated rings. The van der Waals surface area contributed by atoms with Crippen LogP contribution in [0.1, 0.15) is 41.7 Å². The van der Waals surface area contributed by atoms with Crippen LogP contribution in [0.2, 0.25) is 0 Å². The Kier molecular flexibility index (Phi) is 6.02. The maximum Gasteiger partial charge on any atom is 0.129 e. The third-order valence-corrected chi connectivity index (χ3v) is 10.2. The number of benzene rings is 4. The number of hydrogen-bond acceptors (Lipinski definition) is 4. The quantitative estimate of drug-likeness (QED) is 0.239. The molecule has 0 radical (unpaired) electrons. The predicted octanol–water partition coefficient (Wildman–Crippen LogP) is 8.98. The summed E-state index contributed by atoms with van der Waals surface area (Å²) >= 11 is 1.75. The molecular weight excluding hydrogens is 543 g/mol. The zero-order valence-corrected chi connectivity index (χ0v) is 25.2. The lowest BCUT2D eigenvalue weighted by Gasteiger charge is -2.29. The van der Waals surface area contributed by atoms with Crippen molar-refractivity contribution in [2.24, 2.45) is 0 Å². The maximum atomic E-state index is 4.29. The Balaban J connectivity index is 1.11. The van der Waals surface area contributed by atoms with Crippen molar-refractivity contribution in [3.63, 3.8) is 0 Å². The number of rotatable bonds is 3. The number of hydrogen-bond donors (Lipinski definition) is 2. The first kappa shape index (κ1) is 26.0. The molecule has 3 nitrogen and oxygen atoms in total. The Bertz CT molecular complexity index is 1940. The van der Waals surface area contributed by atoms with Gasteiger partial charge in [-0.3, -0.25) is 4.31 Å². The summed E-state index contributed by atoms with van der Waals surface area (Å²) in [6, 6.07) is 31.4. The van der Waals surface area contributed by atoms with Gasteiger partial charge in [0.25, 0.3) is 0 Å². The molecule has 3 heterocycles. The number of allylic oxidation sites excluding steroid dienone is 4. The van der Waals surface area contributed by atoms with E-state index in [-0.39, 0.29) is 11.6 Å². The lowest BCUT2D eigenvalue weighted by Crippen LogP contribution is -2.36. The topological polar surface area (TPSA) is 27.3 Å². The highest BCUT2D eigenvalue weighted by molar-refractivity contribution is 7.97. The molecule has 1 aliphatic carbocycles. The molecule has 4 aromatic carbocycles. The van der Waals surface area contributed by atoms with Gasteiger partial charge in [-0.25, -0.2) is 0 Å². The smallest absolute Gasteiger partial charge is 0.129 e. The van der Waals surface area contributed by atoms with Crippen molar-refractivity contribution in [3.05, 3.63) is 156 Å². The molecule has 8 rings (SSSR count). The molecule has 210 valence electrons. The fraction of sp³-hybridized carbons (Fsp3) is 0.128. The molecular formula is C39H33N3S. The van der Waals surface area contributed by atoms with Crippen LogP contribution in [0, 0.1) is 0 Å². The molecule has 2 N–H and O–H groups in total. The summed E-state index contributed by atoms with van der Waals surface area (Å²) in [7, 11) is 0. The minimum atomic E-state index is -0.0770. The molecule has 0 spiro atoms. The Hall–Kier alpha value is -4.67. The van der Waals surface area contributed by atoms with Crippen LogP contribution in [0.4, 0.5) is 0 Å². The highest BCUT2D eigenvalue weighted by Crippen LogP contribution is 2.50. The van der Waals surface area contributed by atoms with Gasteiger partial charge < -0.3 is 10.6 Å². The van der Waals surface area contributed by atoms with E-state index in [1.54, 1.807) is 11.9 Å². The molecule has 4 aliphatic rings. The number of dihydropyridines is 1. The molecule has 0 saturated heterocycles. The number of nitrogens with one attached hydrogen (secondary N) is 2. The molecule has 1 unspecified atom stereocenters. The van der Waals surface area contributed by atoms with E-state index < -0.39 is 0 Å². The van der Waals surface area contributed by atoms with Crippen LogP contribution in [0.3, 0.4) is 0 Å². The summed E-state index contributed by atoms with van der Waals surface area (Å²) in [6.07, 6.45) is 13.2. The molecule has 0 aromatic heterocycles. The number of fused-ring (bicyclic) bond motifs is 5. The van der Waals surface area contributed by atoms with Crippen LogP contribution in [0.25, 0.3) is 39.1 Å². The van der Waals surface area contributed by atoms with Crippen molar-refractivity contribution < 1.29 is 0 Å². The summed E-state index contributed by atoms with van der Waals surface area (Å²) < 4.78 is 2.29. The molecule has 0 amide bonds. The van der Waals surface area contributed by atoms with Crippen LogP contribution < -0.4 is 10.6 Å². The lowest BCUT2D eigenvalue weighted by atomic mass is 9.80. The van der Waals surface area contributed by atoms with Gasteiger partial charge in [-0.15, -0.1) is 0 Å². The normalized spacial score (nSPS) is 19.2. The summed E-state index contributed by atoms with van der Waals surface area (Å²) in [6.45, 7) is 9.89. The second-order valence-corrected chi connectivity index (χ2v) is 13.1. The van der Waals surface area contributed by atoms with E-state index in [9.17, 15) is 0 Å². The Morgan fingerprint density at radius 3 is 2.30 bits per heavy atom. The van der Waals surface area contributed by atoms with Crippen molar-refractivity contribution in [2.75, 3.05) is 6.54 Å². The van der Waals surface area contributed by atoms with E-state index in [0.717, 1.165) is 17.8 Å². The van der Waals surface area contributed by atoms with E-state index in [4.69, 9.17) is 0 Å². The van der Waals surface area contributed by atoms with E-state index in [2.05, 4.69) is 151 Å². The zero-order chi connectivity index (χ0) is 29.1. The fourth-order valence-corrected chi connectivity index (χ4v) is 7.77. The average Bonchev–Trinajstić information content (AvgIpc) is 3.17. The summed E-state index contributed by atoms with van der Waals surface area (Å²) in [4.78, 5) is 1.21. The van der Waals surface area contributed by atoms with Gasteiger partial charge in [-0.2, -0.15) is 0 Å². The van der Waals surface area contributed by atoms with Crippen LogP contribution in [0.15, 0.2) is 133 Å². The van der Waals surface area contributed by atoms with Crippen LogP contribution in [-0.2, 0) is 5.41 Å². The largest absolute Gasteiger partial charge is 0.387 e. The molecule has 1 atom stereocenters. The molecule has 0 saturated carbocycles. The summed E-state index contributed by atoms with van der Waals surface area (Å²) in [5, 5.41) is 6.84. The molecule has 4 heteroatoms. The standard InChI is InChI=1S/C39H33N3S/c1-25-32-9-4-5-10-37(32)43-42-24-31(13-16-38(42)41-25)28-8-6-7-27(21-28)30-12-15-34-33-14-11-29(26-17-19-40-20-18-26)22-35(33)39(2,3)36(34)23-30/h4-19,21-24,38,40-41H,1,20H2,2-3H3. The predicted molar refractivity (Wildman–Crippen MR) is 182 cm³/mol. The second-order valence-electron chi connectivity index (χ2n) is 12.1. The van der Waals surface area contributed by atoms with Gasteiger partial charge in [0.1, 0.15) is 6.17 Å². The summed E-state index contributed by atoms with van der Waals surface area (Å²) in [5.41, 5.74) is 15.0. The van der Waals surface area contributed by atoms with Gasteiger partial charge in [0, 0.05) is 34.3 Å². The molecule has 43 heavy (non-hydrogen) atoms. The summed E-state index contributed by atoms with van der Waals surface area (Å²) in [5.74, 6) is 0. The minimum Gasteiger partial charge on any atom is -0.387 e. The Morgan fingerprint density at radius 2 is 1.49 bits per heavy atom. The Morgan fingerprint density at radius 1 is 0.767 bits per heavy atom. The third-order valence-electron chi connectivity index (χ3n) is 9.10. The van der Waals surface area contributed by atoms with E-state index in [1.807, 2.05) is 6.20 Å². The lowest BCUT2D eigenvalue weighted by molar-refractivity contribution is 0.484. The minimum absolute atomic E-state index is 0.0556. The molecule has 3 aliphatic heterocycles. The second kappa shape index (κ2) is 9.96. The van der Waals surface area contributed by atoms with Crippen molar-refractivity contribution in [2.45, 2.75) is 30.3 Å². The third kappa shape index (κ3) is 4.36. The first-order valence-electron chi connectivity index (χ1n) is 14.9. The SMILES string of the molecule is C=C1NC2C=CC(c3cccc(-c4ccc5c(c4)C(C)(C)c4cc(C6=CCNC=C6)ccc4-5)c3)=CN2Sc2ccccc21. The van der Waals surface area contributed by atoms with Gasteiger partial charge in [0.05, 0.1) is 0 Å². The van der Waals surface area contributed by atoms with Crippen molar-refractivity contribution >= 4 is 28.8 Å². The van der Waals surface area contributed by atoms with Crippen LogP contribution in [-0.4, -0.2) is 17.0 Å². The monoisotopic (exact) mass is 575 g/mol. The van der Waals surface area contributed by atoms with Gasteiger partial charge in [-0.05, 0) is 110 Å². The molecule has 4 aromatic rings. The van der Waals surface area contributed by atoms with Crippen LogP contribution >= 0.6 is 11.9 Å². The maximum absolute atomic E-state index is 4.29. The van der Waals surface area contributed by atoms with Gasteiger partial charge in [0.15, 0.2) is 0 Å². The van der Waals surface area contributed by atoms with Crippen molar-refractivity contribution in [1.29, 1.82) is 0 Å². The zero-order valence-electron chi connectivity index (χ0n) is 24.4. The first-order chi connectivity index (χ1) is 21.0. The first-order valence-corrected chi connectivity index (χ1v) is 15.6. The van der Waals surface area contributed by atoms with Gasteiger partial charge in [-0.1, -0.05) is 93.2 Å². The van der Waals surface area contributed by atoms with E-state index in [0.29, 0.717) is 0 Å². The number of nitrogens with zero attached hydrogens (tertiary/aromatic N) is 1. The highest BCUT2D eigenvalue weighted by atomic mass is 32.2. The van der Waals surface area contributed by atoms with E-state index in [1.165, 1.54) is 60.5 Å². The molecule has 0 bridgehead atoms. The van der Waals surface area contributed by atoms with Gasteiger partial charge in [0.2, 0.25) is 0 Å². The Labute approximate surface area is 258 Å². The van der Waals surface area contributed by atoms with Gasteiger partial charge >= 0.3 is 0 Å². The van der Waals surface area contributed by atoms with Crippen molar-refractivity contribution in [3.8, 4) is 22.3 Å². The van der Waals surface area contributed by atoms with Crippen LogP contribution in [0.5, 0.6) is 0 Å².